The Morgan fingerprint density at radius 2 is 1.36 bits per heavy atom. The Kier molecular flexibility index (Phi) is 8.23. The molecule has 164 valence electrons. The van der Waals surface area contributed by atoms with Gasteiger partial charge in [0.05, 0.1) is 0 Å². The number of nitrogens with zero attached hydrogens (tertiary/aromatic N) is 4. The van der Waals surface area contributed by atoms with E-state index in [4.69, 9.17) is 0 Å². The third kappa shape index (κ3) is 6.42. The van der Waals surface area contributed by atoms with Crippen LogP contribution in [0.15, 0.2) is 0 Å². The number of hydrogen-bond acceptors (Lipinski definition) is 4. The molecule has 3 rings (SSSR count). The van der Waals surface area contributed by atoms with Gasteiger partial charge in [-0.05, 0) is 84.0 Å². The molecule has 2 atom stereocenters. The van der Waals surface area contributed by atoms with Crippen molar-refractivity contribution in [3.8, 4) is 0 Å². The fourth-order valence-corrected chi connectivity index (χ4v) is 5.71. The normalized spacial score (nSPS) is 30.5. The maximum atomic E-state index is 2.78. The molecule has 0 spiro atoms. The van der Waals surface area contributed by atoms with E-state index in [2.05, 4.69) is 54.3 Å². The van der Waals surface area contributed by atoms with Gasteiger partial charge in [-0.25, -0.2) is 0 Å². The molecule has 0 saturated carbocycles. The number of likely N-dealkylation sites (tertiary alicyclic amines) is 2. The van der Waals surface area contributed by atoms with E-state index in [1.165, 1.54) is 97.6 Å². The Bertz CT molecular complexity index is 450. The van der Waals surface area contributed by atoms with Gasteiger partial charge in [0.2, 0.25) is 0 Å². The Balaban J connectivity index is 1.37. The quantitative estimate of drug-likeness (QED) is 0.657. The van der Waals surface area contributed by atoms with Gasteiger partial charge >= 0.3 is 0 Å². The van der Waals surface area contributed by atoms with Crippen LogP contribution in [0.5, 0.6) is 0 Å². The molecular weight excluding hydrogens is 344 g/mol. The zero-order chi connectivity index (χ0) is 20.1. The highest BCUT2D eigenvalue weighted by atomic mass is 15.3. The molecular formula is C24H48N4. The van der Waals surface area contributed by atoms with Crippen LogP contribution in [0.3, 0.4) is 0 Å². The molecule has 0 aromatic heterocycles. The van der Waals surface area contributed by atoms with E-state index in [-0.39, 0.29) is 0 Å². The largest absolute Gasteiger partial charge is 0.306 e. The van der Waals surface area contributed by atoms with Gasteiger partial charge in [0.1, 0.15) is 0 Å². The zero-order valence-electron chi connectivity index (χ0n) is 19.6. The van der Waals surface area contributed by atoms with E-state index < -0.39 is 0 Å². The summed E-state index contributed by atoms with van der Waals surface area (Å²) in [6.07, 6.45) is 6.88. The van der Waals surface area contributed by atoms with Crippen LogP contribution >= 0.6 is 0 Å². The van der Waals surface area contributed by atoms with Crippen LogP contribution in [0, 0.1) is 17.8 Å². The lowest BCUT2D eigenvalue weighted by Gasteiger charge is -2.48. The van der Waals surface area contributed by atoms with E-state index in [1.807, 2.05) is 0 Å². The lowest BCUT2D eigenvalue weighted by Crippen LogP contribution is -2.54. The fraction of sp³-hybridized carbons (Fsp3) is 1.00. The van der Waals surface area contributed by atoms with Crippen molar-refractivity contribution in [1.29, 1.82) is 0 Å². The predicted molar refractivity (Wildman–Crippen MR) is 121 cm³/mol. The molecule has 3 aliphatic heterocycles. The highest BCUT2D eigenvalue weighted by Crippen LogP contribution is 2.33. The molecule has 0 amide bonds. The lowest BCUT2D eigenvalue weighted by atomic mass is 9.81. The van der Waals surface area contributed by atoms with Crippen molar-refractivity contribution in [1.82, 2.24) is 19.6 Å². The number of piperazine rings is 1. The number of rotatable bonds is 7. The Hall–Kier alpha value is -0.160. The zero-order valence-corrected chi connectivity index (χ0v) is 19.6. The molecule has 0 N–H and O–H groups in total. The standard InChI is InChI=1S/C24H48N4/c1-6-21(2)18-28-12-9-23(17-24(28,3)4)20-27-15-13-26(14-16-27)19-22-7-10-25(5)11-8-22/h21-23H,6-20H2,1-5H3. The highest BCUT2D eigenvalue weighted by Gasteiger charge is 2.36. The summed E-state index contributed by atoms with van der Waals surface area (Å²) >= 11 is 0. The van der Waals surface area contributed by atoms with Crippen molar-refractivity contribution in [3.63, 3.8) is 0 Å². The molecule has 4 heteroatoms. The number of piperidine rings is 2. The van der Waals surface area contributed by atoms with E-state index in [9.17, 15) is 0 Å². The minimum atomic E-state index is 0.377. The first-order valence-electron chi connectivity index (χ1n) is 12.2. The van der Waals surface area contributed by atoms with Gasteiger partial charge in [-0.2, -0.15) is 0 Å². The first kappa shape index (κ1) is 22.5. The van der Waals surface area contributed by atoms with Gasteiger partial charge in [0, 0.05) is 51.4 Å². The van der Waals surface area contributed by atoms with Crippen LogP contribution in [-0.2, 0) is 0 Å². The molecule has 3 fully saturated rings. The van der Waals surface area contributed by atoms with Crippen LogP contribution in [0.4, 0.5) is 0 Å². The van der Waals surface area contributed by atoms with Crippen molar-refractivity contribution in [3.05, 3.63) is 0 Å². The monoisotopic (exact) mass is 392 g/mol. The fourth-order valence-electron chi connectivity index (χ4n) is 5.71. The highest BCUT2D eigenvalue weighted by molar-refractivity contribution is 4.91. The van der Waals surface area contributed by atoms with E-state index in [0.29, 0.717) is 5.54 Å². The summed E-state index contributed by atoms with van der Waals surface area (Å²) in [5, 5.41) is 0. The van der Waals surface area contributed by atoms with Crippen molar-refractivity contribution in [2.45, 2.75) is 65.3 Å². The van der Waals surface area contributed by atoms with Gasteiger partial charge in [-0.15, -0.1) is 0 Å². The van der Waals surface area contributed by atoms with Crippen molar-refractivity contribution < 1.29 is 0 Å². The van der Waals surface area contributed by atoms with Crippen LogP contribution in [-0.4, -0.2) is 97.6 Å². The summed E-state index contributed by atoms with van der Waals surface area (Å²) in [5.41, 5.74) is 0.377. The van der Waals surface area contributed by atoms with E-state index in [0.717, 1.165) is 17.8 Å². The summed E-state index contributed by atoms with van der Waals surface area (Å²) in [6, 6.07) is 0. The van der Waals surface area contributed by atoms with Crippen molar-refractivity contribution in [2.24, 2.45) is 17.8 Å². The molecule has 4 nitrogen and oxygen atoms in total. The van der Waals surface area contributed by atoms with Crippen molar-refractivity contribution >= 4 is 0 Å². The summed E-state index contributed by atoms with van der Waals surface area (Å²) in [4.78, 5) is 10.8. The smallest absolute Gasteiger partial charge is 0.0156 e. The predicted octanol–water partition coefficient (Wildman–Crippen LogP) is 3.48. The molecule has 0 aromatic rings. The molecule has 28 heavy (non-hydrogen) atoms. The van der Waals surface area contributed by atoms with Crippen LogP contribution in [0.25, 0.3) is 0 Å². The minimum Gasteiger partial charge on any atom is -0.306 e. The second-order valence-electron chi connectivity index (χ2n) is 11.0. The molecule has 2 unspecified atom stereocenters. The molecule has 0 bridgehead atoms. The van der Waals surface area contributed by atoms with Gasteiger partial charge < -0.3 is 14.7 Å². The van der Waals surface area contributed by atoms with Crippen LogP contribution in [0.1, 0.15) is 59.8 Å². The van der Waals surface area contributed by atoms with Crippen LogP contribution < -0.4 is 0 Å². The third-order valence-corrected chi connectivity index (χ3v) is 8.02. The number of hydrogen-bond donors (Lipinski definition) is 0. The summed E-state index contributed by atoms with van der Waals surface area (Å²) < 4.78 is 0. The molecule has 3 aliphatic rings. The average Bonchev–Trinajstić information content (AvgIpc) is 2.67. The molecule has 3 heterocycles. The maximum Gasteiger partial charge on any atom is 0.0156 e. The molecule has 3 saturated heterocycles. The lowest BCUT2D eigenvalue weighted by molar-refractivity contribution is 0.0162. The molecule has 0 aliphatic carbocycles. The van der Waals surface area contributed by atoms with Gasteiger partial charge in [-0.1, -0.05) is 20.3 Å². The SMILES string of the molecule is CCC(C)CN1CCC(CN2CCN(CC3CCN(C)CC3)CC2)CC1(C)C. The molecule has 0 aromatic carbocycles. The van der Waals surface area contributed by atoms with E-state index in [1.54, 1.807) is 0 Å². The maximum absolute atomic E-state index is 2.78. The van der Waals surface area contributed by atoms with Crippen LogP contribution in [0.2, 0.25) is 0 Å². The van der Waals surface area contributed by atoms with Gasteiger partial charge in [0.15, 0.2) is 0 Å². The van der Waals surface area contributed by atoms with Gasteiger partial charge in [0.25, 0.3) is 0 Å². The first-order chi connectivity index (χ1) is 13.4. The van der Waals surface area contributed by atoms with Gasteiger partial charge in [-0.3, -0.25) is 4.90 Å². The van der Waals surface area contributed by atoms with E-state index >= 15 is 0 Å². The topological polar surface area (TPSA) is 13.0 Å². The summed E-state index contributed by atoms with van der Waals surface area (Å²) in [6.45, 7) is 22.8. The van der Waals surface area contributed by atoms with Crippen molar-refractivity contribution in [2.75, 3.05) is 72.5 Å². The minimum absolute atomic E-state index is 0.377. The summed E-state index contributed by atoms with van der Waals surface area (Å²) in [7, 11) is 2.27. The average molecular weight is 393 g/mol. The first-order valence-corrected chi connectivity index (χ1v) is 12.2. The molecule has 0 radical (unpaired) electrons. The second-order valence-corrected chi connectivity index (χ2v) is 11.0. The second kappa shape index (κ2) is 10.2. The Labute approximate surface area is 175 Å². The summed E-state index contributed by atoms with van der Waals surface area (Å²) in [5.74, 6) is 2.66. The third-order valence-electron chi connectivity index (χ3n) is 8.02. The Morgan fingerprint density at radius 1 is 0.821 bits per heavy atom. The Morgan fingerprint density at radius 3 is 1.89 bits per heavy atom.